The molecule has 2 heteroatoms. The zero-order valence-corrected chi connectivity index (χ0v) is 13.8. The van der Waals surface area contributed by atoms with E-state index in [9.17, 15) is 0 Å². The number of hydrogen-bond donors (Lipinski definition) is 1. The van der Waals surface area contributed by atoms with Gasteiger partial charge in [0.2, 0.25) is 0 Å². The van der Waals surface area contributed by atoms with Crippen molar-refractivity contribution in [3.05, 3.63) is 0 Å². The van der Waals surface area contributed by atoms with Gasteiger partial charge in [-0.2, -0.15) is 0 Å². The summed E-state index contributed by atoms with van der Waals surface area (Å²) in [4.78, 5) is 2.79. The van der Waals surface area contributed by atoms with E-state index in [0.717, 1.165) is 36.0 Å². The Balaban J connectivity index is 1.55. The Morgan fingerprint density at radius 3 is 2.20 bits per heavy atom. The van der Waals surface area contributed by atoms with Crippen LogP contribution in [-0.4, -0.2) is 36.1 Å². The van der Waals surface area contributed by atoms with Gasteiger partial charge in [-0.1, -0.05) is 26.7 Å². The minimum atomic E-state index is 0.829. The molecular formula is C18H34N2. The number of nitrogens with one attached hydrogen (secondary N) is 1. The van der Waals surface area contributed by atoms with E-state index in [4.69, 9.17) is 0 Å². The first-order valence-corrected chi connectivity index (χ1v) is 9.11. The quantitative estimate of drug-likeness (QED) is 0.790. The van der Waals surface area contributed by atoms with Crippen molar-refractivity contribution in [1.29, 1.82) is 0 Å². The third-order valence-corrected chi connectivity index (χ3v) is 6.53. The molecule has 2 nitrogen and oxygen atoms in total. The molecule has 1 aliphatic carbocycles. The highest BCUT2D eigenvalue weighted by Gasteiger charge is 2.37. The van der Waals surface area contributed by atoms with Crippen molar-refractivity contribution in [3.8, 4) is 0 Å². The Morgan fingerprint density at radius 2 is 1.55 bits per heavy atom. The van der Waals surface area contributed by atoms with Crippen LogP contribution in [-0.2, 0) is 0 Å². The second kappa shape index (κ2) is 6.36. The van der Waals surface area contributed by atoms with E-state index in [0.29, 0.717) is 0 Å². The molecule has 116 valence electrons. The molecule has 1 saturated carbocycles. The first-order chi connectivity index (χ1) is 9.63. The third-order valence-electron chi connectivity index (χ3n) is 6.53. The molecule has 0 amide bonds. The fraction of sp³-hybridized carbons (Fsp3) is 1.00. The molecule has 2 bridgehead atoms. The molecule has 3 fully saturated rings. The van der Waals surface area contributed by atoms with Gasteiger partial charge >= 0.3 is 0 Å². The maximum absolute atomic E-state index is 3.79. The van der Waals surface area contributed by atoms with Gasteiger partial charge in [0.25, 0.3) is 0 Å². The molecule has 3 rings (SSSR count). The van der Waals surface area contributed by atoms with E-state index in [-0.39, 0.29) is 0 Å². The first kappa shape index (κ1) is 14.8. The highest BCUT2D eigenvalue weighted by molar-refractivity contribution is 4.96. The first-order valence-electron chi connectivity index (χ1n) is 9.11. The highest BCUT2D eigenvalue weighted by atomic mass is 15.2. The normalized spacial score (nSPS) is 42.1. The van der Waals surface area contributed by atoms with Gasteiger partial charge in [-0.3, -0.25) is 0 Å². The number of hydrogen-bond acceptors (Lipinski definition) is 2. The summed E-state index contributed by atoms with van der Waals surface area (Å²) < 4.78 is 0. The van der Waals surface area contributed by atoms with Gasteiger partial charge < -0.3 is 10.2 Å². The van der Waals surface area contributed by atoms with E-state index in [2.05, 4.69) is 31.1 Å². The summed E-state index contributed by atoms with van der Waals surface area (Å²) in [5, 5.41) is 3.79. The fourth-order valence-electron chi connectivity index (χ4n) is 5.04. The molecule has 4 atom stereocenters. The number of piperidine rings is 1. The van der Waals surface area contributed by atoms with Crippen molar-refractivity contribution in [3.63, 3.8) is 0 Å². The molecule has 2 aliphatic heterocycles. The van der Waals surface area contributed by atoms with Gasteiger partial charge in [-0.25, -0.2) is 0 Å². The molecule has 0 radical (unpaired) electrons. The van der Waals surface area contributed by atoms with Crippen molar-refractivity contribution in [2.45, 2.75) is 95.8 Å². The number of fused-ring (bicyclic) bond motifs is 2. The highest BCUT2D eigenvalue weighted by Crippen LogP contribution is 2.34. The van der Waals surface area contributed by atoms with Crippen LogP contribution in [0.25, 0.3) is 0 Å². The number of rotatable bonds is 3. The zero-order chi connectivity index (χ0) is 14.1. The standard InChI is InChI=1S/C18H34N2/c1-13(2)14-5-4-6-17(10-7-14)20(3)18-11-15-8-9-16(12-18)19-15/h13-19H,4-12H2,1-3H3. The lowest BCUT2D eigenvalue weighted by Crippen LogP contribution is -2.50. The van der Waals surface area contributed by atoms with E-state index < -0.39 is 0 Å². The van der Waals surface area contributed by atoms with Crippen molar-refractivity contribution >= 4 is 0 Å². The number of nitrogens with zero attached hydrogens (tertiary/aromatic N) is 1. The maximum atomic E-state index is 3.79. The predicted octanol–water partition coefficient (Wildman–Crippen LogP) is 3.81. The Hall–Kier alpha value is -0.0800. The van der Waals surface area contributed by atoms with Crippen molar-refractivity contribution in [2.75, 3.05) is 7.05 Å². The van der Waals surface area contributed by atoms with E-state index in [1.807, 2.05) is 0 Å². The Morgan fingerprint density at radius 1 is 0.850 bits per heavy atom. The fourth-order valence-corrected chi connectivity index (χ4v) is 5.04. The van der Waals surface area contributed by atoms with Crippen molar-refractivity contribution in [1.82, 2.24) is 10.2 Å². The molecule has 0 aromatic carbocycles. The van der Waals surface area contributed by atoms with Gasteiger partial charge in [0, 0.05) is 24.2 Å². The summed E-state index contributed by atoms with van der Waals surface area (Å²) in [7, 11) is 2.43. The Bertz CT molecular complexity index is 303. The molecular weight excluding hydrogens is 244 g/mol. The van der Waals surface area contributed by atoms with Crippen LogP contribution in [0.2, 0.25) is 0 Å². The van der Waals surface area contributed by atoms with Crippen LogP contribution in [0.4, 0.5) is 0 Å². The van der Waals surface area contributed by atoms with Gasteiger partial charge in [-0.15, -0.1) is 0 Å². The molecule has 2 heterocycles. The minimum Gasteiger partial charge on any atom is -0.311 e. The van der Waals surface area contributed by atoms with Crippen LogP contribution >= 0.6 is 0 Å². The van der Waals surface area contributed by atoms with Crippen molar-refractivity contribution in [2.24, 2.45) is 11.8 Å². The SMILES string of the molecule is CC(C)C1CCCC(N(C)C2CC3CCC(C2)N3)CC1. The lowest BCUT2D eigenvalue weighted by atomic mass is 9.89. The molecule has 0 aromatic rings. The summed E-state index contributed by atoms with van der Waals surface area (Å²) in [6.07, 6.45) is 12.9. The van der Waals surface area contributed by atoms with Crippen LogP contribution in [0.5, 0.6) is 0 Å². The van der Waals surface area contributed by atoms with E-state index in [1.165, 1.54) is 57.8 Å². The largest absolute Gasteiger partial charge is 0.311 e. The molecule has 0 spiro atoms. The molecule has 20 heavy (non-hydrogen) atoms. The molecule has 0 aromatic heterocycles. The molecule has 2 saturated heterocycles. The Kier molecular flexibility index (Phi) is 4.72. The van der Waals surface area contributed by atoms with Crippen LogP contribution in [0.15, 0.2) is 0 Å². The Labute approximate surface area is 125 Å². The van der Waals surface area contributed by atoms with Crippen LogP contribution in [0.3, 0.4) is 0 Å². The van der Waals surface area contributed by atoms with Crippen LogP contribution < -0.4 is 5.32 Å². The van der Waals surface area contributed by atoms with E-state index in [1.54, 1.807) is 0 Å². The monoisotopic (exact) mass is 278 g/mol. The third kappa shape index (κ3) is 3.22. The molecule has 1 N–H and O–H groups in total. The summed E-state index contributed by atoms with van der Waals surface area (Å²) in [5.74, 6) is 1.87. The average molecular weight is 278 g/mol. The zero-order valence-electron chi connectivity index (χ0n) is 13.8. The predicted molar refractivity (Wildman–Crippen MR) is 85.9 cm³/mol. The molecule has 3 aliphatic rings. The second-order valence-corrected chi connectivity index (χ2v) is 8.09. The maximum Gasteiger partial charge on any atom is 0.0125 e. The van der Waals surface area contributed by atoms with Gasteiger partial charge in [0.1, 0.15) is 0 Å². The lowest BCUT2D eigenvalue weighted by Gasteiger charge is -2.40. The van der Waals surface area contributed by atoms with E-state index >= 15 is 0 Å². The van der Waals surface area contributed by atoms with Crippen LogP contribution in [0, 0.1) is 11.8 Å². The second-order valence-electron chi connectivity index (χ2n) is 8.09. The summed E-state index contributed by atoms with van der Waals surface area (Å²) >= 11 is 0. The summed E-state index contributed by atoms with van der Waals surface area (Å²) in [5.41, 5.74) is 0. The minimum absolute atomic E-state index is 0.829. The van der Waals surface area contributed by atoms with Gasteiger partial charge in [0.05, 0.1) is 0 Å². The van der Waals surface area contributed by atoms with Gasteiger partial charge in [-0.05, 0) is 63.8 Å². The smallest absolute Gasteiger partial charge is 0.0125 e. The summed E-state index contributed by atoms with van der Waals surface area (Å²) in [6, 6.07) is 3.38. The molecule has 4 unspecified atom stereocenters. The van der Waals surface area contributed by atoms with Crippen LogP contribution in [0.1, 0.15) is 71.6 Å². The van der Waals surface area contributed by atoms with Crippen molar-refractivity contribution < 1.29 is 0 Å². The summed E-state index contributed by atoms with van der Waals surface area (Å²) in [6.45, 7) is 4.83. The van der Waals surface area contributed by atoms with Gasteiger partial charge in [0.15, 0.2) is 0 Å². The average Bonchev–Trinajstić information content (AvgIpc) is 2.67. The lowest BCUT2D eigenvalue weighted by molar-refractivity contribution is 0.113. The topological polar surface area (TPSA) is 15.3 Å².